The molecular formula is C25H19N3O2. The number of ether oxygens (including phenoxy) is 1. The molecule has 5 nitrogen and oxygen atoms in total. The highest BCUT2D eigenvalue weighted by molar-refractivity contribution is 5.88. The molecule has 0 saturated carbocycles. The number of esters is 1. The minimum atomic E-state index is -0.413. The minimum Gasteiger partial charge on any atom is -0.449 e. The van der Waals surface area contributed by atoms with Crippen LogP contribution in [0.25, 0.3) is 17.2 Å². The topological polar surface area (TPSA) is 57.0 Å². The molecule has 0 unspecified atom stereocenters. The van der Waals surface area contributed by atoms with Crippen molar-refractivity contribution in [3.63, 3.8) is 0 Å². The molecule has 30 heavy (non-hydrogen) atoms. The van der Waals surface area contributed by atoms with E-state index in [4.69, 9.17) is 4.74 Å². The highest BCUT2D eigenvalue weighted by Crippen LogP contribution is 2.45. The summed E-state index contributed by atoms with van der Waals surface area (Å²) in [5, 5.41) is 8.22. The van der Waals surface area contributed by atoms with Gasteiger partial charge in [-0.05, 0) is 22.8 Å². The van der Waals surface area contributed by atoms with Crippen LogP contribution in [0.4, 0.5) is 0 Å². The van der Waals surface area contributed by atoms with Crippen molar-refractivity contribution < 1.29 is 9.53 Å². The van der Waals surface area contributed by atoms with E-state index in [0.717, 1.165) is 27.8 Å². The van der Waals surface area contributed by atoms with Crippen LogP contribution < -0.4 is 0 Å². The van der Waals surface area contributed by atoms with Crippen LogP contribution in [0.2, 0.25) is 0 Å². The molecule has 0 fully saturated rings. The zero-order valence-electron chi connectivity index (χ0n) is 16.2. The highest BCUT2D eigenvalue weighted by Gasteiger charge is 2.30. The molecule has 1 aliphatic rings. The third-order valence-corrected chi connectivity index (χ3v) is 5.14. The van der Waals surface area contributed by atoms with Crippen molar-refractivity contribution in [1.29, 1.82) is 0 Å². The predicted octanol–water partition coefficient (Wildman–Crippen LogP) is 4.65. The van der Waals surface area contributed by atoms with Crippen LogP contribution in [0, 0.1) is 0 Å². The van der Waals surface area contributed by atoms with Gasteiger partial charge in [-0.2, -0.15) is 0 Å². The molecule has 4 aromatic rings. The van der Waals surface area contributed by atoms with E-state index in [1.54, 1.807) is 17.0 Å². The normalized spacial score (nSPS) is 12.7. The van der Waals surface area contributed by atoms with Crippen LogP contribution in [-0.2, 0) is 16.1 Å². The minimum absolute atomic E-state index is 0.400. The molecule has 1 aromatic heterocycles. The molecular weight excluding hydrogens is 374 g/mol. The number of rotatable bonds is 5. The zero-order chi connectivity index (χ0) is 20.3. The van der Waals surface area contributed by atoms with E-state index in [1.807, 2.05) is 66.7 Å². The van der Waals surface area contributed by atoms with E-state index in [9.17, 15) is 4.79 Å². The van der Waals surface area contributed by atoms with Crippen LogP contribution in [0.15, 0.2) is 91.1 Å². The van der Waals surface area contributed by atoms with Gasteiger partial charge in [0.15, 0.2) is 6.10 Å². The SMILES string of the molecule is O=C(/C=C/c1cn(Cc2ccccc2)nn1)OC1c2ccccc2-c2ccccc21. The van der Waals surface area contributed by atoms with E-state index >= 15 is 0 Å². The molecule has 1 heterocycles. The maximum absolute atomic E-state index is 12.5. The van der Waals surface area contributed by atoms with Gasteiger partial charge in [-0.3, -0.25) is 0 Å². The number of hydrogen-bond acceptors (Lipinski definition) is 4. The Bertz CT molecular complexity index is 1180. The molecule has 0 radical (unpaired) electrons. The van der Waals surface area contributed by atoms with Gasteiger partial charge in [-0.25, -0.2) is 9.48 Å². The molecule has 1 aliphatic carbocycles. The first-order valence-electron chi connectivity index (χ1n) is 9.79. The predicted molar refractivity (Wildman–Crippen MR) is 114 cm³/mol. The van der Waals surface area contributed by atoms with Gasteiger partial charge in [0.25, 0.3) is 0 Å². The Morgan fingerprint density at radius 1 is 0.900 bits per heavy atom. The maximum Gasteiger partial charge on any atom is 0.331 e. The second-order valence-corrected chi connectivity index (χ2v) is 7.15. The summed E-state index contributed by atoms with van der Waals surface area (Å²) >= 11 is 0. The number of nitrogens with zero attached hydrogens (tertiary/aromatic N) is 3. The zero-order valence-corrected chi connectivity index (χ0v) is 16.2. The van der Waals surface area contributed by atoms with E-state index in [-0.39, 0.29) is 0 Å². The number of aromatic nitrogens is 3. The Balaban J connectivity index is 1.29. The van der Waals surface area contributed by atoms with E-state index in [2.05, 4.69) is 22.4 Å². The summed E-state index contributed by atoms with van der Waals surface area (Å²) < 4.78 is 7.55. The van der Waals surface area contributed by atoms with Crippen LogP contribution >= 0.6 is 0 Å². The fraction of sp³-hybridized carbons (Fsp3) is 0.0800. The number of fused-ring (bicyclic) bond motifs is 3. The van der Waals surface area contributed by atoms with Crippen molar-refractivity contribution in [2.75, 3.05) is 0 Å². The molecule has 0 saturated heterocycles. The van der Waals surface area contributed by atoms with Crippen molar-refractivity contribution in [2.45, 2.75) is 12.6 Å². The van der Waals surface area contributed by atoms with Crippen molar-refractivity contribution in [3.8, 4) is 11.1 Å². The fourth-order valence-electron chi connectivity index (χ4n) is 3.78. The second-order valence-electron chi connectivity index (χ2n) is 7.15. The quantitative estimate of drug-likeness (QED) is 0.366. The molecule has 146 valence electrons. The van der Waals surface area contributed by atoms with Gasteiger partial charge in [-0.1, -0.05) is 84.1 Å². The Labute approximate surface area is 174 Å². The third kappa shape index (κ3) is 3.53. The van der Waals surface area contributed by atoms with Crippen molar-refractivity contribution in [1.82, 2.24) is 15.0 Å². The lowest BCUT2D eigenvalue weighted by Gasteiger charge is -2.13. The van der Waals surface area contributed by atoms with Crippen LogP contribution in [-0.4, -0.2) is 21.0 Å². The summed E-state index contributed by atoms with van der Waals surface area (Å²) in [7, 11) is 0. The molecule has 0 amide bonds. The molecule has 5 rings (SSSR count). The third-order valence-electron chi connectivity index (χ3n) is 5.14. The molecule has 5 heteroatoms. The molecule has 0 N–H and O–H groups in total. The van der Waals surface area contributed by atoms with Crippen molar-refractivity contribution in [3.05, 3.63) is 114 Å². The molecule has 0 aliphatic heterocycles. The Kier molecular flexibility index (Phi) is 4.69. The lowest BCUT2D eigenvalue weighted by atomic mass is 10.1. The summed E-state index contributed by atoms with van der Waals surface area (Å²) in [6, 6.07) is 26.1. The second kappa shape index (κ2) is 7.79. The Morgan fingerprint density at radius 3 is 2.23 bits per heavy atom. The molecule has 3 aromatic carbocycles. The average Bonchev–Trinajstić information content (AvgIpc) is 3.36. The van der Waals surface area contributed by atoms with E-state index in [1.165, 1.54) is 6.08 Å². The van der Waals surface area contributed by atoms with Gasteiger partial charge in [-0.15, -0.1) is 5.10 Å². The summed E-state index contributed by atoms with van der Waals surface area (Å²) in [6.45, 7) is 0.627. The molecule has 0 bridgehead atoms. The van der Waals surface area contributed by atoms with Crippen LogP contribution in [0.1, 0.15) is 28.5 Å². The number of carbonyl (C=O) groups is 1. The monoisotopic (exact) mass is 393 g/mol. The average molecular weight is 393 g/mol. The van der Waals surface area contributed by atoms with E-state index < -0.39 is 12.1 Å². The molecule has 0 atom stereocenters. The Morgan fingerprint density at radius 2 is 1.53 bits per heavy atom. The van der Waals surface area contributed by atoms with Crippen LogP contribution in [0.5, 0.6) is 0 Å². The molecule has 0 spiro atoms. The van der Waals surface area contributed by atoms with Crippen molar-refractivity contribution in [2.24, 2.45) is 0 Å². The van der Waals surface area contributed by atoms with Gasteiger partial charge >= 0.3 is 5.97 Å². The lowest BCUT2D eigenvalue weighted by molar-refractivity contribution is -0.141. The number of benzene rings is 3. The van der Waals surface area contributed by atoms with Gasteiger partial charge < -0.3 is 4.74 Å². The first-order chi connectivity index (χ1) is 14.8. The fourth-order valence-corrected chi connectivity index (χ4v) is 3.78. The maximum atomic E-state index is 12.5. The van der Waals surface area contributed by atoms with Gasteiger partial charge in [0, 0.05) is 17.2 Å². The van der Waals surface area contributed by atoms with Gasteiger partial charge in [0.2, 0.25) is 0 Å². The van der Waals surface area contributed by atoms with Crippen molar-refractivity contribution >= 4 is 12.0 Å². The number of hydrogen-bond donors (Lipinski definition) is 0. The number of carbonyl (C=O) groups excluding carboxylic acids is 1. The summed E-state index contributed by atoms with van der Waals surface area (Å²) in [6.07, 6.45) is 4.43. The largest absolute Gasteiger partial charge is 0.449 e. The van der Waals surface area contributed by atoms with Crippen LogP contribution in [0.3, 0.4) is 0 Å². The van der Waals surface area contributed by atoms with E-state index in [0.29, 0.717) is 12.2 Å². The lowest BCUT2D eigenvalue weighted by Crippen LogP contribution is -2.08. The first kappa shape index (κ1) is 18.1. The standard InChI is InChI=1S/C25H19N3O2/c29-24(15-14-19-17-28(27-26-19)16-18-8-2-1-3-9-18)30-25-22-12-6-4-10-20(22)21-11-5-7-13-23(21)25/h1-15,17,25H,16H2/b15-14+. The highest BCUT2D eigenvalue weighted by atomic mass is 16.5. The van der Waals surface area contributed by atoms with Gasteiger partial charge in [0.1, 0.15) is 5.69 Å². The summed E-state index contributed by atoms with van der Waals surface area (Å²) in [5.41, 5.74) is 5.98. The van der Waals surface area contributed by atoms with Gasteiger partial charge in [0.05, 0.1) is 12.7 Å². The Hall–Kier alpha value is -3.99. The summed E-state index contributed by atoms with van der Waals surface area (Å²) in [5.74, 6) is -0.413. The smallest absolute Gasteiger partial charge is 0.331 e. The summed E-state index contributed by atoms with van der Waals surface area (Å²) in [4.78, 5) is 12.5. The first-order valence-corrected chi connectivity index (χ1v) is 9.79.